The van der Waals surface area contributed by atoms with Crippen LogP contribution in [0.2, 0.25) is 0 Å². The second-order valence-electron chi connectivity index (χ2n) is 8.29. The molecule has 0 radical (unpaired) electrons. The number of hydrogen-bond donors (Lipinski definition) is 1. The lowest BCUT2D eigenvalue weighted by Gasteiger charge is -2.37. The van der Waals surface area contributed by atoms with Crippen LogP contribution < -0.4 is 5.32 Å². The minimum atomic E-state index is -3.74. The molecule has 0 aliphatic carbocycles. The molecule has 0 bridgehead atoms. The van der Waals surface area contributed by atoms with Crippen molar-refractivity contribution < 1.29 is 13.6 Å². The van der Waals surface area contributed by atoms with E-state index in [1.807, 2.05) is 128 Å². The molecular formula is C29H30NO3P. The zero-order valence-corrected chi connectivity index (χ0v) is 20.2. The van der Waals surface area contributed by atoms with Gasteiger partial charge in [0.05, 0.1) is 13.2 Å². The fourth-order valence-electron chi connectivity index (χ4n) is 3.75. The van der Waals surface area contributed by atoms with E-state index in [2.05, 4.69) is 5.32 Å². The first-order valence-corrected chi connectivity index (χ1v) is 12.9. The number of benzene rings is 4. The van der Waals surface area contributed by atoms with Crippen molar-refractivity contribution in [1.29, 1.82) is 0 Å². The fourth-order valence-corrected chi connectivity index (χ4v) is 5.72. The SMILES string of the molecule is CC(NCc1ccccc1)(c1ccccc1)P(=O)(OCc1ccccc1)OCc1ccccc1. The van der Waals surface area contributed by atoms with Gasteiger partial charge in [-0.3, -0.25) is 9.88 Å². The zero-order valence-electron chi connectivity index (χ0n) is 19.3. The Morgan fingerprint density at radius 2 is 1.00 bits per heavy atom. The smallest absolute Gasteiger partial charge is 0.302 e. The number of nitrogens with one attached hydrogen (secondary N) is 1. The Kier molecular flexibility index (Phi) is 8.10. The maximum absolute atomic E-state index is 14.7. The molecular weight excluding hydrogens is 441 g/mol. The lowest BCUT2D eigenvalue weighted by Crippen LogP contribution is -2.40. The van der Waals surface area contributed by atoms with Gasteiger partial charge in [-0.2, -0.15) is 0 Å². The van der Waals surface area contributed by atoms with E-state index in [1.54, 1.807) is 0 Å². The van der Waals surface area contributed by atoms with Gasteiger partial charge in [0, 0.05) is 6.54 Å². The van der Waals surface area contributed by atoms with E-state index in [4.69, 9.17) is 9.05 Å². The van der Waals surface area contributed by atoms with Crippen molar-refractivity contribution in [2.75, 3.05) is 0 Å². The molecule has 34 heavy (non-hydrogen) atoms. The Labute approximate surface area is 202 Å². The number of rotatable bonds is 11. The Morgan fingerprint density at radius 1 is 0.618 bits per heavy atom. The molecule has 5 heteroatoms. The molecule has 174 valence electrons. The van der Waals surface area contributed by atoms with E-state index in [1.165, 1.54) is 0 Å². The topological polar surface area (TPSA) is 47.6 Å². The first-order valence-electron chi connectivity index (χ1n) is 11.4. The molecule has 0 amide bonds. The molecule has 4 aromatic carbocycles. The summed E-state index contributed by atoms with van der Waals surface area (Å²) in [5.41, 5.74) is 3.80. The van der Waals surface area contributed by atoms with Gasteiger partial charge in [-0.05, 0) is 29.2 Å². The van der Waals surface area contributed by atoms with Crippen molar-refractivity contribution in [2.45, 2.75) is 32.0 Å². The van der Waals surface area contributed by atoms with Gasteiger partial charge >= 0.3 is 7.60 Å². The Bertz CT molecular complexity index is 1140. The van der Waals surface area contributed by atoms with Crippen molar-refractivity contribution in [1.82, 2.24) is 5.32 Å². The molecule has 1 atom stereocenters. The zero-order chi connectivity index (χ0) is 23.7. The summed E-state index contributed by atoms with van der Waals surface area (Å²) in [4.78, 5) is 0. The summed E-state index contributed by atoms with van der Waals surface area (Å²) in [6, 6.07) is 39.3. The van der Waals surface area contributed by atoms with Gasteiger partial charge < -0.3 is 9.05 Å². The standard InChI is InChI=1S/C29H30NO3P/c1-29(28-20-12-5-13-21-28,30-22-25-14-6-2-7-15-25)34(31,32-23-26-16-8-3-9-17-26)33-24-27-18-10-4-11-19-27/h2-21,30H,22-24H2,1H3. The van der Waals surface area contributed by atoms with Crippen molar-refractivity contribution >= 4 is 7.60 Å². The normalized spacial score (nSPS) is 13.3. The van der Waals surface area contributed by atoms with Crippen molar-refractivity contribution in [2.24, 2.45) is 0 Å². The van der Waals surface area contributed by atoms with E-state index >= 15 is 0 Å². The van der Waals surface area contributed by atoms with Crippen LogP contribution >= 0.6 is 7.60 Å². The summed E-state index contributed by atoms with van der Waals surface area (Å²) in [6.45, 7) is 2.78. The molecule has 0 fully saturated rings. The summed E-state index contributed by atoms with van der Waals surface area (Å²) >= 11 is 0. The highest BCUT2D eigenvalue weighted by Gasteiger charge is 2.48. The highest BCUT2D eigenvalue weighted by molar-refractivity contribution is 7.55. The summed E-state index contributed by atoms with van der Waals surface area (Å²) in [5.74, 6) is 0. The quantitative estimate of drug-likeness (QED) is 0.234. The molecule has 0 spiro atoms. The van der Waals surface area contributed by atoms with E-state index in [0.717, 1.165) is 22.3 Å². The predicted molar refractivity (Wildman–Crippen MR) is 137 cm³/mol. The average Bonchev–Trinajstić information content (AvgIpc) is 2.91. The van der Waals surface area contributed by atoms with E-state index in [0.29, 0.717) is 6.54 Å². The van der Waals surface area contributed by atoms with Gasteiger partial charge in [-0.1, -0.05) is 121 Å². The first kappa shape index (κ1) is 24.1. The Balaban J connectivity index is 1.68. The Morgan fingerprint density at radius 3 is 1.44 bits per heavy atom. The third-order valence-corrected chi connectivity index (χ3v) is 8.30. The predicted octanol–water partition coefficient (Wildman–Crippen LogP) is 7.28. The molecule has 0 aliphatic heterocycles. The van der Waals surface area contributed by atoms with Crippen LogP contribution in [-0.2, 0) is 38.7 Å². The molecule has 0 saturated carbocycles. The molecule has 0 aromatic heterocycles. The molecule has 0 aliphatic rings. The maximum atomic E-state index is 14.7. The molecule has 0 saturated heterocycles. The van der Waals surface area contributed by atoms with Crippen LogP contribution in [0.3, 0.4) is 0 Å². The van der Waals surface area contributed by atoms with Gasteiger partial charge in [-0.25, -0.2) is 0 Å². The second-order valence-corrected chi connectivity index (χ2v) is 10.7. The average molecular weight is 472 g/mol. The lowest BCUT2D eigenvalue weighted by atomic mass is 10.1. The molecule has 0 heterocycles. The summed E-state index contributed by atoms with van der Waals surface area (Å²) in [5, 5.41) is 2.45. The van der Waals surface area contributed by atoms with Crippen LogP contribution in [0.15, 0.2) is 121 Å². The van der Waals surface area contributed by atoms with Crippen LogP contribution in [0.25, 0.3) is 0 Å². The van der Waals surface area contributed by atoms with Gasteiger partial charge in [0.2, 0.25) is 0 Å². The molecule has 1 unspecified atom stereocenters. The van der Waals surface area contributed by atoms with Crippen molar-refractivity contribution in [3.63, 3.8) is 0 Å². The molecule has 4 rings (SSSR count). The van der Waals surface area contributed by atoms with Crippen LogP contribution in [-0.4, -0.2) is 0 Å². The van der Waals surface area contributed by atoms with E-state index in [9.17, 15) is 4.57 Å². The van der Waals surface area contributed by atoms with Crippen LogP contribution in [0, 0.1) is 0 Å². The van der Waals surface area contributed by atoms with E-state index in [-0.39, 0.29) is 13.2 Å². The summed E-state index contributed by atoms with van der Waals surface area (Å²) in [6.07, 6.45) is 0. The molecule has 1 N–H and O–H groups in total. The van der Waals surface area contributed by atoms with Gasteiger partial charge in [0.25, 0.3) is 0 Å². The van der Waals surface area contributed by atoms with Gasteiger partial charge in [0.1, 0.15) is 5.28 Å². The largest absolute Gasteiger partial charge is 0.355 e. The minimum absolute atomic E-state index is 0.183. The highest BCUT2D eigenvalue weighted by Crippen LogP contribution is 2.64. The van der Waals surface area contributed by atoms with E-state index < -0.39 is 12.9 Å². The molecule has 4 aromatic rings. The van der Waals surface area contributed by atoms with Crippen molar-refractivity contribution in [3.8, 4) is 0 Å². The van der Waals surface area contributed by atoms with Crippen molar-refractivity contribution in [3.05, 3.63) is 144 Å². The van der Waals surface area contributed by atoms with Crippen LogP contribution in [0.1, 0.15) is 29.2 Å². The second kappa shape index (κ2) is 11.4. The van der Waals surface area contributed by atoms with Crippen LogP contribution in [0.4, 0.5) is 0 Å². The third-order valence-electron chi connectivity index (χ3n) is 5.85. The third kappa shape index (κ3) is 5.91. The first-order chi connectivity index (χ1) is 16.6. The van der Waals surface area contributed by atoms with Gasteiger partial charge in [-0.15, -0.1) is 0 Å². The lowest BCUT2D eigenvalue weighted by molar-refractivity contribution is 0.163. The fraction of sp³-hybridized carbons (Fsp3) is 0.172. The molecule has 4 nitrogen and oxygen atoms in total. The maximum Gasteiger partial charge on any atom is 0.355 e. The highest BCUT2D eigenvalue weighted by atomic mass is 31.2. The van der Waals surface area contributed by atoms with Gasteiger partial charge in [0.15, 0.2) is 0 Å². The monoisotopic (exact) mass is 471 g/mol. The minimum Gasteiger partial charge on any atom is -0.302 e. The number of hydrogen-bond acceptors (Lipinski definition) is 4. The summed E-state index contributed by atoms with van der Waals surface area (Å²) in [7, 11) is -3.74. The van der Waals surface area contributed by atoms with Crippen LogP contribution in [0.5, 0.6) is 0 Å². The summed E-state index contributed by atoms with van der Waals surface area (Å²) < 4.78 is 27.1. The Hall–Kier alpha value is -3.01.